The molecule has 0 aromatic heterocycles. The zero-order valence-electron chi connectivity index (χ0n) is 9.14. The van der Waals surface area contributed by atoms with Crippen molar-refractivity contribution in [3.05, 3.63) is 23.8 Å². The molecule has 1 N–H and O–H groups in total. The number of rotatable bonds is 0. The first-order valence-corrected chi connectivity index (χ1v) is 5.13. The van der Waals surface area contributed by atoms with Crippen LogP contribution < -0.4 is 10.2 Å². The van der Waals surface area contributed by atoms with Gasteiger partial charge >= 0.3 is 6.18 Å². The topological polar surface area (TPSA) is 32.3 Å². The summed E-state index contributed by atoms with van der Waals surface area (Å²) in [4.78, 5) is 12.8. The van der Waals surface area contributed by atoms with Crippen molar-refractivity contribution in [2.24, 2.45) is 0 Å². The monoisotopic (exact) mass is 244 g/mol. The Bertz CT molecular complexity index is 457. The third-order valence-corrected chi connectivity index (χ3v) is 2.65. The minimum atomic E-state index is -4.37. The summed E-state index contributed by atoms with van der Waals surface area (Å²) < 4.78 is 37.5. The number of nitrogens with one attached hydrogen (secondary N) is 1. The fourth-order valence-electron chi connectivity index (χ4n) is 1.84. The molecule has 3 nitrogen and oxygen atoms in total. The van der Waals surface area contributed by atoms with Gasteiger partial charge < -0.3 is 10.2 Å². The molecule has 0 spiro atoms. The van der Waals surface area contributed by atoms with Crippen LogP contribution in [0.15, 0.2) is 18.2 Å². The van der Waals surface area contributed by atoms with E-state index in [1.165, 1.54) is 17.9 Å². The highest BCUT2D eigenvalue weighted by molar-refractivity contribution is 5.96. The highest BCUT2D eigenvalue weighted by atomic mass is 19.4. The van der Waals surface area contributed by atoms with Crippen molar-refractivity contribution >= 4 is 17.3 Å². The second kappa shape index (κ2) is 3.94. The van der Waals surface area contributed by atoms with Gasteiger partial charge in [0.1, 0.15) is 0 Å². The van der Waals surface area contributed by atoms with E-state index < -0.39 is 11.7 Å². The molecule has 0 unspecified atom stereocenters. The highest BCUT2D eigenvalue weighted by Crippen LogP contribution is 2.36. The van der Waals surface area contributed by atoms with Crippen molar-refractivity contribution in [2.45, 2.75) is 13.1 Å². The van der Waals surface area contributed by atoms with Crippen molar-refractivity contribution in [1.82, 2.24) is 0 Å². The molecule has 6 heteroatoms. The molecular weight excluding hydrogens is 233 g/mol. The van der Waals surface area contributed by atoms with Crippen molar-refractivity contribution in [3.63, 3.8) is 0 Å². The molecule has 0 atom stereocenters. The van der Waals surface area contributed by atoms with Crippen LogP contribution in [0.2, 0.25) is 0 Å². The first-order chi connectivity index (χ1) is 7.89. The van der Waals surface area contributed by atoms with E-state index >= 15 is 0 Å². The number of anilines is 2. The van der Waals surface area contributed by atoms with Gasteiger partial charge in [0.05, 0.1) is 16.9 Å². The Morgan fingerprint density at radius 3 is 2.71 bits per heavy atom. The number of hydrogen-bond acceptors (Lipinski definition) is 2. The second-order valence-corrected chi connectivity index (χ2v) is 3.83. The van der Waals surface area contributed by atoms with Crippen molar-refractivity contribution in [2.75, 3.05) is 23.3 Å². The summed E-state index contributed by atoms with van der Waals surface area (Å²) >= 11 is 0. The van der Waals surface area contributed by atoms with Gasteiger partial charge in [-0.15, -0.1) is 0 Å². The lowest BCUT2D eigenvalue weighted by Gasteiger charge is -2.30. The highest BCUT2D eigenvalue weighted by Gasteiger charge is 2.32. The summed E-state index contributed by atoms with van der Waals surface area (Å²) in [6.45, 7) is 2.31. The van der Waals surface area contributed by atoms with Crippen molar-refractivity contribution in [3.8, 4) is 0 Å². The Labute approximate surface area is 96.2 Å². The fourth-order valence-corrected chi connectivity index (χ4v) is 1.84. The van der Waals surface area contributed by atoms with Crippen LogP contribution in [0, 0.1) is 0 Å². The van der Waals surface area contributed by atoms with Gasteiger partial charge in [0, 0.05) is 20.0 Å². The molecular formula is C11H11F3N2O. The number of fused-ring (bicyclic) bond motifs is 1. The normalized spacial score (nSPS) is 15.2. The van der Waals surface area contributed by atoms with Gasteiger partial charge in [-0.3, -0.25) is 4.79 Å². The quantitative estimate of drug-likeness (QED) is 0.760. The van der Waals surface area contributed by atoms with E-state index in [1.54, 1.807) is 0 Å². The smallest absolute Gasteiger partial charge is 0.382 e. The molecule has 1 aromatic carbocycles. The van der Waals surface area contributed by atoms with Crippen LogP contribution in [-0.4, -0.2) is 19.0 Å². The number of alkyl halides is 3. The number of benzene rings is 1. The number of carbonyl (C=O) groups excluding carboxylic acids is 1. The molecule has 0 saturated carbocycles. The molecule has 1 aliphatic rings. The molecule has 1 aliphatic heterocycles. The van der Waals surface area contributed by atoms with Crippen LogP contribution in [0.5, 0.6) is 0 Å². The Morgan fingerprint density at radius 2 is 2.12 bits per heavy atom. The van der Waals surface area contributed by atoms with Gasteiger partial charge in [0.25, 0.3) is 0 Å². The summed E-state index contributed by atoms with van der Waals surface area (Å²) in [6, 6.07) is 3.35. The zero-order valence-corrected chi connectivity index (χ0v) is 9.14. The van der Waals surface area contributed by atoms with Crippen molar-refractivity contribution < 1.29 is 18.0 Å². The summed E-state index contributed by atoms with van der Waals surface area (Å²) in [7, 11) is 0. The summed E-state index contributed by atoms with van der Waals surface area (Å²) in [5, 5.41) is 2.87. The average Bonchev–Trinajstić information content (AvgIpc) is 2.26. The number of carbonyl (C=O) groups is 1. The summed E-state index contributed by atoms with van der Waals surface area (Å²) in [6.07, 6.45) is -4.37. The lowest BCUT2D eigenvalue weighted by atomic mass is 10.1. The Hall–Kier alpha value is -1.72. The largest absolute Gasteiger partial charge is 0.416 e. The van der Waals surface area contributed by atoms with Crippen LogP contribution in [0.25, 0.3) is 0 Å². The van der Waals surface area contributed by atoms with Crippen LogP contribution in [0.4, 0.5) is 24.5 Å². The maximum Gasteiger partial charge on any atom is 0.416 e. The summed E-state index contributed by atoms with van der Waals surface area (Å²) in [5.41, 5.74) is 0.132. The lowest BCUT2D eigenvalue weighted by molar-refractivity contribution is -0.137. The number of halogens is 3. The van der Waals surface area contributed by atoms with E-state index in [0.717, 1.165) is 12.1 Å². The molecule has 0 saturated heterocycles. The maximum atomic E-state index is 12.5. The Morgan fingerprint density at radius 1 is 1.41 bits per heavy atom. The molecule has 1 amide bonds. The average molecular weight is 244 g/mol. The predicted molar refractivity (Wildman–Crippen MR) is 58.0 cm³/mol. The molecule has 0 radical (unpaired) electrons. The van der Waals surface area contributed by atoms with Gasteiger partial charge in [0.15, 0.2) is 0 Å². The predicted octanol–water partition coefficient (Wildman–Crippen LogP) is 2.48. The zero-order chi connectivity index (χ0) is 12.6. The fraction of sp³-hybridized carbons (Fsp3) is 0.364. The Kier molecular flexibility index (Phi) is 2.73. The van der Waals surface area contributed by atoms with Crippen LogP contribution >= 0.6 is 0 Å². The number of amides is 1. The maximum absolute atomic E-state index is 12.5. The van der Waals surface area contributed by atoms with Gasteiger partial charge in [-0.25, -0.2) is 0 Å². The van der Waals surface area contributed by atoms with E-state index in [1.807, 2.05) is 0 Å². The van der Waals surface area contributed by atoms with E-state index in [-0.39, 0.29) is 5.91 Å². The van der Waals surface area contributed by atoms with Gasteiger partial charge in [-0.2, -0.15) is 13.2 Å². The molecule has 1 heterocycles. The Balaban J connectivity index is 2.43. The van der Waals surface area contributed by atoms with E-state index in [0.29, 0.717) is 24.5 Å². The standard InChI is InChI=1S/C11H11F3N2O/c1-7(17)16-5-4-15-9-6-8(11(12,13)14)2-3-10(9)16/h2-3,6,15H,4-5H2,1H3. The third-order valence-electron chi connectivity index (χ3n) is 2.65. The third kappa shape index (κ3) is 2.20. The molecule has 0 bridgehead atoms. The first kappa shape index (κ1) is 11.8. The van der Waals surface area contributed by atoms with Gasteiger partial charge in [0.2, 0.25) is 5.91 Å². The molecule has 0 aliphatic carbocycles. The molecule has 92 valence electrons. The van der Waals surface area contributed by atoms with Crippen molar-refractivity contribution in [1.29, 1.82) is 0 Å². The van der Waals surface area contributed by atoms with Gasteiger partial charge in [-0.1, -0.05) is 0 Å². The van der Waals surface area contributed by atoms with Crippen LogP contribution in [0.3, 0.4) is 0 Å². The van der Waals surface area contributed by atoms with E-state index in [2.05, 4.69) is 5.32 Å². The van der Waals surface area contributed by atoms with Crippen LogP contribution in [0.1, 0.15) is 12.5 Å². The SMILES string of the molecule is CC(=O)N1CCNc2cc(C(F)(F)F)ccc21. The molecule has 1 aromatic rings. The minimum Gasteiger partial charge on any atom is -0.382 e. The van der Waals surface area contributed by atoms with E-state index in [9.17, 15) is 18.0 Å². The number of nitrogens with zero attached hydrogens (tertiary/aromatic N) is 1. The first-order valence-electron chi connectivity index (χ1n) is 5.13. The van der Waals surface area contributed by atoms with E-state index in [4.69, 9.17) is 0 Å². The van der Waals surface area contributed by atoms with Gasteiger partial charge in [-0.05, 0) is 18.2 Å². The second-order valence-electron chi connectivity index (χ2n) is 3.83. The molecule has 2 rings (SSSR count). The number of hydrogen-bond donors (Lipinski definition) is 1. The molecule has 0 fully saturated rings. The lowest BCUT2D eigenvalue weighted by Crippen LogP contribution is -2.37. The van der Waals surface area contributed by atoms with Crippen LogP contribution in [-0.2, 0) is 11.0 Å². The minimum absolute atomic E-state index is 0.174. The summed E-state index contributed by atoms with van der Waals surface area (Å²) in [5.74, 6) is -0.174. The molecule has 17 heavy (non-hydrogen) atoms.